The molecule has 1 aromatic carbocycles. The number of carbonyl (C=O) groups is 2. The van der Waals surface area contributed by atoms with Crippen molar-refractivity contribution in [2.24, 2.45) is 0 Å². The highest BCUT2D eigenvalue weighted by molar-refractivity contribution is 6.31. The first-order valence-corrected chi connectivity index (χ1v) is 7.39. The van der Waals surface area contributed by atoms with Crippen LogP contribution in [0.25, 0.3) is 0 Å². The van der Waals surface area contributed by atoms with Crippen molar-refractivity contribution in [2.75, 3.05) is 18.5 Å². The van der Waals surface area contributed by atoms with E-state index < -0.39 is 24.3 Å². The number of ether oxygens (including phenoxy) is 2. The molecule has 0 fully saturated rings. The van der Waals surface area contributed by atoms with Crippen LogP contribution in [0.4, 0.5) is 10.1 Å². The van der Waals surface area contributed by atoms with Crippen molar-refractivity contribution in [2.45, 2.75) is 6.92 Å². The van der Waals surface area contributed by atoms with E-state index >= 15 is 0 Å². The number of carbonyl (C=O) groups excluding carboxylic acids is 2. The van der Waals surface area contributed by atoms with E-state index in [1.54, 1.807) is 13.0 Å². The first kappa shape index (κ1) is 17.7. The molecule has 1 heterocycles. The monoisotopic (exact) mass is 352 g/mol. The van der Waals surface area contributed by atoms with E-state index in [0.29, 0.717) is 12.3 Å². The first-order valence-electron chi connectivity index (χ1n) is 7.01. The van der Waals surface area contributed by atoms with E-state index in [1.165, 1.54) is 24.4 Å². The van der Waals surface area contributed by atoms with Crippen molar-refractivity contribution in [3.63, 3.8) is 0 Å². The van der Waals surface area contributed by atoms with Gasteiger partial charge in [-0.15, -0.1) is 0 Å². The molecule has 8 heteroatoms. The summed E-state index contributed by atoms with van der Waals surface area (Å²) in [6.45, 7) is 1.57. The molecule has 0 unspecified atom stereocenters. The normalized spacial score (nSPS) is 10.1. The summed E-state index contributed by atoms with van der Waals surface area (Å²) in [5, 5.41) is 2.32. The average molecular weight is 353 g/mol. The van der Waals surface area contributed by atoms with Crippen LogP contribution in [0.15, 0.2) is 36.5 Å². The summed E-state index contributed by atoms with van der Waals surface area (Å²) < 4.78 is 23.2. The van der Waals surface area contributed by atoms with E-state index in [9.17, 15) is 14.0 Å². The Morgan fingerprint density at radius 1 is 1.33 bits per heavy atom. The Morgan fingerprint density at radius 3 is 2.83 bits per heavy atom. The van der Waals surface area contributed by atoms with Crippen LogP contribution in [0.2, 0.25) is 5.02 Å². The second-order valence-corrected chi connectivity index (χ2v) is 4.95. The van der Waals surface area contributed by atoms with Gasteiger partial charge in [-0.3, -0.25) is 4.79 Å². The highest BCUT2D eigenvalue weighted by Crippen LogP contribution is 2.19. The van der Waals surface area contributed by atoms with Crippen LogP contribution >= 0.6 is 11.6 Å². The van der Waals surface area contributed by atoms with Crippen LogP contribution < -0.4 is 10.1 Å². The number of esters is 1. The lowest BCUT2D eigenvalue weighted by atomic mass is 10.3. The van der Waals surface area contributed by atoms with Crippen LogP contribution in [0.3, 0.4) is 0 Å². The van der Waals surface area contributed by atoms with Gasteiger partial charge < -0.3 is 14.8 Å². The fourth-order valence-electron chi connectivity index (χ4n) is 1.78. The van der Waals surface area contributed by atoms with Crippen molar-refractivity contribution in [3.8, 4) is 5.88 Å². The lowest BCUT2D eigenvalue weighted by Crippen LogP contribution is -2.21. The van der Waals surface area contributed by atoms with E-state index in [0.717, 1.165) is 6.07 Å². The van der Waals surface area contributed by atoms with Gasteiger partial charge in [0.2, 0.25) is 5.88 Å². The molecule has 0 radical (unpaired) electrons. The van der Waals surface area contributed by atoms with Crippen LogP contribution in [0.1, 0.15) is 17.3 Å². The molecule has 0 atom stereocenters. The molecule has 0 aliphatic carbocycles. The minimum Gasteiger partial charge on any atom is -0.477 e. The summed E-state index contributed by atoms with van der Waals surface area (Å²) in [5.74, 6) is -1.79. The molecule has 1 amide bonds. The standard InChI is InChI=1S/C16H14ClFN2O4/c1-2-23-15-11(4-3-7-19-15)16(22)24-9-14(21)20-10-5-6-13(18)12(17)8-10/h3-8H,2,9H2,1H3,(H,20,21). The second kappa shape index (κ2) is 8.26. The Hall–Kier alpha value is -2.67. The minimum absolute atomic E-state index is 0.122. The predicted octanol–water partition coefficient (Wildman–Crippen LogP) is 3.07. The van der Waals surface area contributed by atoms with Gasteiger partial charge in [-0.2, -0.15) is 0 Å². The Bertz CT molecular complexity index is 755. The SMILES string of the molecule is CCOc1ncccc1C(=O)OCC(=O)Nc1ccc(F)c(Cl)c1. The van der Waals surface area contributed by atoms with Gasteiger partial charge in [-0.25, -0.2) is 14.2 Å². The van der Waals surface area contributed by atoms with E-state index in [-0.39, 0.29) is 16.5 Å². The molecule has 0 saturated carbocycles. The quantitative estimate of drug-likeness (QED) is 0.808. The number of benzene rings is 1. The Morgan fingerprint density at radius 2 is 2.12 bits per heavy atom. The molecule has 1 N–H and O–H groups in total. The van der Waals surface area contributed by atoms with Crippen molar-refractivity contribution in [3.05, 3.63) is 52.9 Å². The third kappa shape index (κ3) is 4.66. The maximum Gasteiger partial charge on any atom is 0.344 e. The highest BCUT2D eigenvalue weighted by atomic mass is 35.5. The number of anilines is 1. The molecule has 0 saturated heterocycles. The van der Waals surface area contributed by atoms with Crippen LogP contribution in [-0.4, -0.2) is 30.1 Å². The number of nitrogens with one attached hydrogen (secondary N) is 1. The molecule has 126 valence electrons. The van der Waals surface area contributed by atoms with Crippen molar-refractivity contribution >= 4 is 29.2 Å². The number of nitrogens with zero attached hydrogens (tertiary/aromatic N) is 1. The predicted molar refractivity (Wildman–Crippen MR) is 85.7 cm³/mol. The van der Waals surface area contributed by atoms with Crippen LogP contribution in [0.5, 0.6) is 5.88 Å². The van der Waals surface area contributed by atoms with E-state index in [2.05, 4.69) is 10.3 Å². The van der Waals surface area contributed by atoms with Crippen molar-refractivity contribution in [1.82, 2.24) is 4.98 Å². The van der Waals surface area contributed by atoms with Gasteiger partial charge in [0, 0.05) is 11.9 Å². The van der Waals surface area contributed by atoms with Gasteiger partial charge in [0.15, 0.2) is 6.61 Å². The number of aromatic nitrogens is 1. The van der Waals surface area contributed by atoms with Gasteiger partial charge in [-0.05, 0) is 37.3 Å². The molecule has 0 spiro atoms. The molecular formula is C16H14ClFN2O4. The van der Waals surface area contributed by atoms with Crippen LogP contribution in [0, 0.1) is 5.82 Å². The molecule has 0 bridgehead atoms. The summed E-state index contributed by atoms with van der Waals surface area (Å²) in [5.41, 5.74) is 0.413. The van der Waals surface area contributed by atoms with Crippen LogP contribution in [-0.2, 0) is 9.53 Å². The summed E-state index contributed by atoms with van der Waals surface area (Å²) in [6.07, 6.45) is 1.48. The first-order chi connectivity index (χ1) is 11.5. The van der Waals surface area contributed by atoms with Gasteiger partial charge in [-0.1, -0.05) is 11.6 Å². The number of amides is 1. The summed E-state index contributed by atoms with van der Waals surface area (Å²) in [6, 6.07) is 6.76. The topological polar surface area (TPSA) is 77.5 Å². The summed E-state index contributed by atoms with van der Waals surface area (Å²) in [7, 11) is 0. The van der Waals surface area contributed by atoms with Crippen molar-refractivity contribution in [1.29, 1.82) is 0 Å². The zero-order chi connectivity index (χ0) is 17.5. The number of hydrogen-bond acceptors (Lipinski definition) is 5. The van der Waals surface area contributed by atoms with E-state index in [4.69, 9.17) is 21.1 Å². The number of rotatable bonds is 6. The maximum atomic E-state index is 13.0. The molecule has 2 rings (SSSR count). The number of halogens is 2. The number of pyridine rings is 1. The Balaban J connectivity index is 1.94. The summed E-state index contributed by atoms with van der Waals surface area (Å²) in [4.78, 5) is 27.7. The average Bonchev–Trinajstić information content (AvgIpc) is 2.57. The Kier molecular flexibility index (Phi) is 6.08. The smallest absolute Gasteiger partial charge is 0.344 e. The molecule has 0 aliphatic heterocycles. The van der Waals surface area contributed by atoms with Gasteiger partial charge >= 0.3 is 5.97 Å². The third-order valence-electron chi connectivity index (χ3n) is 2.81. The maximum absolute atomic E-state index is 13.0. The van der Waals surface area contributed by atoms with Gasteiger partial charge in [0.05, 0.1) is 11.6 Å². The fraction of sp³-hybridized carbons (Fsp3) is 0.188. The Labute approximate surface area is 142 Å². The largest absolute Gasteiger partial charge is 0.477 e. The van der Waals surface area contributed by atoms with E-state index in [1.807, 2.05) is 0 Å². The molecule has 6 nitrogen and oxygen atoms in total. The highest BCUT2D eigenvalue weighted by Gasteiger charge is 2.16. The van der Waals surface area contributed by atoms with Gasteiger partial charge in [0.25, 0.3) is 5.91 Å². The third-order valence-corrected chi connectivity index (χ3v) is 3.10. The zero-order valence-corrected chi connectivity index (χ0v) is 13.5. The zero-order valence-electron chi connectivity index (χ0n) is 12.7. The summed E-state index contributed by atoms with van der Waals surface area (Å²) >= 11 is 5.62. The molecule has 1 aromatic heterocycles. The molecule has 24 heavy (non-hydrogen) atoms. The fourth-order valence-corrected chi connectivity index (χ4v) is 1.96. The number of hydrogen-bond donors (Lipinski definition) is 1. The molecule has 0 aliphatic rings. The van der Waals surface area contributed by atoms with Gasteiger partial charge in [0.1, 0.15) is 11.4 Å². The van der Waals surface area contributed by atoms with Crippen molar-refractivity contribution < 1.29 is 23.5 Å². The second-order valence-electron chi connectivity index (χ2n) is 4.54. The lowest BCUT2D eigenvalue weighted by molar-refractivity contribution is -0.119. The lowest BCUT2D eigenvalue weighted by Gasteiger charge is -2.09. The molecule has 2 aromatic rings. The minimum atomic E-state index is -0.737. The molecular weight excluding hydrogens is 339 g/mol.